The van der Waals surface area contributed by atoms with E-state index in [0.717, 1.165) is 47.3 Å². The highest BCUT2D eigenvalue weighted by Gasteiger charge is 2.22. The maximum absolute atomic E-state index is 13.0. The lowest BCUT2D eigenvalue weighted by atomic mass is 9.85. The highest BCUT2D eigenvalue weighted by atomic mass is 19.1. The summed E-state index contributed by atoms with van der Waals surface area (Å²) in [6.45, 7) is 20.7. The summed E-state index contributed by atoms with van der Waals surface area (Å²) in [6.07, 6.45) is 3.44. The van der Waals surface area contributed by atoms with Crippen LogP contribution in [0.5, 0.6) is 5.75 Å². The lowest BCUT2D eigenvalue weighted by molar-refractivity contribution is 0.0514. The first kappa shape index (κ1) is 110. The van der Waals surface area contributed by atoms with Crippen LogP contribution >= 0.6 is 0 Å². The Morgan fingerprint density at radius 3 is 0.992 bits per heavy atom. The smallest absolute Gasteiger partial charge is 0.341 e. The molecule has 0 aromatic heterocycles. The number of nitrogens with two attached hydrogens (primary N) is 1. The first-order valence-electron chi connectivity index (χ1n) is 40.5. The van der Waals surface area contributed by atoms with E-state index in [2.05, 4.69) is 82.8 Å². The van der Waals surface area contributed by atoms with E-state index in [1.807, 2.05) is 57.2 Å². The van der Waals surface area contributed by atoms with Crippen LogP contribution in [-0.4, -0.2) is 243 Å². The summed E-state index contributed by atoms with van der Waals surface area (Å²) in [5.74, 6) is -3.10. The summed E-state index contributed by atoms with van der Waals surface area (Å²) in [4.78, 5) is 146. The summed E-state index contributed by atoms with van der Waals surface area (Å²) in [6, 6.07) is 41.3. The van der Waals surface area contributed by atoms with Crippen molar-refractivity contribution in [2.45, 2.75) is 100 Å². The van der Waals surface area contributed by atoms with Crippen molar-refractivity contribution in [2.24, 2.45) is 5.73 Å². The number of amides is 7. The average Bonchev–Trinajstić information content (AvgIpc) is 0.815. The van der Waals surface area contributed by atoms with E-state index in [-0.39, 0.29) is 64.3 Å². The molecule has 0 atom stereocenters. The third-order valence-electron chi connectivity index (χ3n) is 18.0. The van der Waals surface area contributed by atoms with Crippen LogP contribution in [0.3, 0.4) is 0 Å². The highest BCUT2D eigenvalue weighted by molar-refractivity contribution is 6.04. The molecule has 8 aromatic carbocycles. The molecule has 29 nitrogen and oxygen atoms in total. The van der Waals surface area contributed by atoms with E-state index in [1.54, 1.807) is 199 Å². The Bertz CT molecular complexity index is 4890. The van der Waals surface area contributed by atoms with Gasteiger partial charge in [-0.15, -0.1) is 0 Å². The van der Waals surface area contributed by atoms with Crippen molar-refractivity contribution in [3.8, 4) is 5.75 Å². The number of hydrogen-bond acceptors (Lipinski definition) is 22. The Hall–Kier alpha value is -13.7. The molecular formula is C96H130FN11O18. The van der Waals surface area contributed by atoms with Gasteiger partial charge in [-0.2, -0.15) is 0 Å². The molecule has 0 bridgehead atoms. The number of rotatable bonds is 23. The van der Waals surface area contributed by atoms with E-state index in [9.17, 15) is 61.9 Å². The van der Waals surface area contributed by atoms with Crippen molar-refractivity contribution in [3.63, 3.8) is 0 Å². The van der Waals surface area contributed by atoms with Gasteiger partial charge >= 0.3 is 29.8 Å². The quantitative estimate of drug-likeness (QED) is 0.0256. The molecule has 0 aliphatic rings. The molecule has 684 valence electrons. The number of carbonyl (C=O) groups is 12. The van der Waals surface area contributed by atoms with Gasteiger partial charge < -0.3 is 85.2 Å². The predicted octanol–water partition coefficient (Wildman–Crippen LogP) is 14.3. The highest BCUT2D eigenvalue weighted by Crippen LogP contribution is 2.27. The van der Waals surface area contributed by atoms with E-state index >= 15 is 0 Å². The largest absolute Gasteiger partial charge is 0.496 e. The Kier molecular flexibility index (Phi) is 48.6. The summed E-state index contributed by atoms with van der Waals surface area (Å²) in [5.41, 5.74) is 20.2. The Balaban J connectivity index is 0.000000721. The van der Waals surface area contributed by atoms with Crippen LogP contribution in [0.25, 0.3) is 0 Å². The topological polar surface area (TPSA) is 363 Å². The predicted molar refractivity (Wildman–Crippen MR) is 495 cm³/mol. The fourth-order valence-corrected chi connectivity index (χ4v) is 11.0. The van der Waals surface area contributed by atoms with Gasteiger partial charge in [-0.25, -0.2) is 28.4 Å². The standard InChI is InChI=1S/C14H20O2.C13H19N3O2.C12H17N3O2.C12H16N2O3.C12H16O3.C11H13FO2.C11H15N3O2.C11H14O2/c1-6-10-7-11(13(15)16-5)9-12(8-10)14(2,3)4;1-14-11-7-9(12(17)15(2)3)6-10(8-11)13(18)16(4)5;1-13-10-6-8(11(16)14-2)5-9(7-10)12(17)15(3)4;1-13-10-6-8(11(15)14(2)3)5-9(7-10)12(16)17-4;1-4-9-6-7-11(14-3)10(8-9)12(13)15-5-2;1-3-8-5-9(7-10(12)6-8)11(13)14-4-2;1-13-9-5-7(10(12)15)4-8(6-9)11(16)14(2)3;1-4-9-5-8(2)6-10(7-9)11(12)13-3/h7-9H,6H2,1-5H3;6-8,14H,1-5H3;5-7,13H,1-4H3,(H,14,16);5-7,13H,1-4H3;6-8H,4-5H2,1-3H3;5-7H,3-4H2,1-2H3;4-6,13H,1-3H3,(H2,12,15);5-7H,4H2,1-3H3. The molecule has 7 amide bonds. The molecule has 0 spiro atoms. The lowest BCUT2D eigenvalue weighted by Crippen LogP contribution is -2.24. The van der Waals surface area contributed by atoms with Gasteiger partial charge in [0.1, 0.15) is 17.1 Å². The van der Waals surface area contributed by atoms with Gasteiger partial charge in [0.2, 0.25) is 5.91 Å². The number of anilines is 4. The monoisotopic (exact) mass is 1740 g/mol. The molecule has 0 saturated carbocycles. The van der Waals surface area contributed by atoms with Crippen molar-refractivity contribution in [1.29, 1.82) is 0 Å². The van der Waals surface area contributed by atoms with E-state index in [4.69, 9.17) is 24.7 Å². The second-order valence-corrected chi connectivity index (χ2v) is 29.7. The molecule has 0 unspecified atom stereocenters. The number of carbonyl (C=O) groups excluding carboxylic acids is 12. The third-order valence-corrected chi connectivity index (χ3v) is 18.0. The SMILES string of the molecule is CCOC(=O)c1cc(CC)ccc1OC.CCOC(=O)c1cc(F)cc(CC)c1.CCc1cc(C(=O)OC)cc(C(C)(C)C)c1.CCc1cc(C)cc(C(=O)OC)c1.CNC(=O)c1cc(NC)cc(C(=O)N(C)C)c1.CNc1cc(C(=O)N(C)C)cc(C(=O)N(C)C)c1.CNc1cc(C(=O)OC)cc(C(=O)N(C)C)c1.CNc1cc(C(N)=O)cc(C(=O)N(C)C)c1. The Labute approximate surface area is 742 Å². The van der Waals surface area contributed by atoms with Crippen molar-refractivity contribution in [3.05, 3.63) is 252 Å². The Morgan fingerprint density at radius 1 is 0.349 bits per heavy atom. The second-order valence-electron chi connectivity index (χ2n) is 29.7. The number of nitrogens with zero attached hydrogens (tertiary/aromatic N) is 5. The number of primary amides is 1. The average molecular weight is 1750 g/mol. The zero-order valence-electron chi connectivity index (χ0n) is 78.6. The molecule has 0 saturated heterocycles. The zero-order chi connectivity index (χ0) is 96.2. The van der Waals surface area contributed by atoms with Crippen LogP contribution in [0, 0.1) is 12.7 Å². The first-order chi connectivity index (χ1) is 59.2. The summed E-state index contributed by atoms with van der Waals surface area (Å²) in [7, 11) is 30.9. The van der Waals surface area contributed by atoms with Gasteiger partial charge in [0.25, 0.3) is 35.4 Å². The zero-order valence-corrected chi connectivity index (χ0v) is 78.6. The van der Waals surface area contributed by atoms with Gasteiger partial charge in [0, 0.05) is 167 Å². The summed E-state index contributed by atoms with van der Waals surface area (Å²) in [5, 5.41) is 14.2. The van der Waals surface area contributed by atoms with Gasteiger partial charge in [0.15, 0.2) is 0 Å². The first-order valence-corrected chi connectivity index (χ1v) is 40.5. The number of esters is 5. The summed E-state index contributed by atoms with van der Waals surface area (Å²) < 4.78 is 41.9. The van der Waals surface area contributed by atoms with Crippen LogP contribution in [0.15, 0.2) is 146 Å². The number of halogens is 1. The number of hydrogen-bond donors (Lipinski definition) is 6. The van der Waals surface area contributed by atoms with E-state index < -0.39 is 23.7 Å². The fourth-order valence-electron chi connectivity index (χ4n) is 11.0. The van der Waals surface area contributed by atoms with Crippen molar-refractivity contribution in [1.82, 2.24) is 29.8 Å². The number of benzene rings is 8. The van der Waals surface area contributed by atoms with Crippen LogP contribution in [-0.2, 0) is 54.8 Å². The number of aryl methyl sites for hydroxylation is 5. The molecule has 30 heteroatoms. The minimum Gasteiger partial charge on any atom is -0.496 e. The maximum atomic E-state index is 13.0. The van der Waals surface area contributed by atoms with Crippen LogP contribution in [0.2, 0.25) is 0 Å². The summed E-state index contributed by atoms with van der Waals surface area (Å²) >= 11 is 0. The van der Waals surface area contributed by atoms with Crippen molar-refractivity contribution < 1.29 is 90.3 Å². The molecule has 8 rings (SSSR count). The lowest BCUT2D eigenvalue weighted by Gasteiger charge is -2.20. The van der Waals surface area contributed by atoms with Crippen LogP contribution < -0.4 is 37.1 Å². The van der Waals surface area contributed by atoms with Gasteiger partial charge in [-0.3, -0.25) is 33.6 Å². The van der Waals surface area contributed by atoms with Gasteiger partial charge in [-0.05, 0) is 207 Å². The fraction of sp³-hybridized carbons (Fsp3) is 0.375. The number of nitrogens with one attached hydrogen (secondary N) is 5. The number of methoxy groups -OCH3 is 4. The Morgan fingerprint density at radius 2 is 0.659 bits per heavy atom. The molecule has 0 fully saturated rings. The molecule has 0 aliphatic heterocycles. The maximum Gasteiger partial charge on any atom is 0.341 e. The molecule has 126 heavy (non-hydrogen) atoms. The normalized spacial score (nSPS) is 9.95. The molecule has 0 radical (unpaired) electrons. The third kappa shape index (κ3) is 36.8. The minimum atomic E-state index is -0.551. The molecule has 0 aliphatic carbocycles. The second kappa shape index (κ2) is 55.5. The van der Waals surface area contributed by atoms with Crippen LogP contribution in [0.4, 0.5) is 27.1 Å². The van der Waals surface area contributed by atoms with Crippen molar-refractivity contribution >= 4 is 93.9 Å². The van der Waals surface area contributed by atoms with E-state index in [1.165, 1.54) is 86.8 Å². The number of ether oxygens (including phenoxy) is 6. The van der Waals surface area contributed by atoms with Crippen molar-refractivity contribution in [2.75, 3.05) is 169 Å². The molecule has 7 N–H and O–H groups in total. The molecule has 8 aromatic rings. The van der Waals surface area contributed by atoms with Gasteiger partial charge in [0.05, 0.1) is 63.9 Å². The molecular weight excluding hydrogens is 1610 g/mol. The minimum absolute atomic E-state index is 0.0496. The van der Waals surface area contributed by atoms with Crippen LogP contribution in [0.1, 0.15) is 220 Å². The van der Waals surface area contributed by atoms with Gasteiger partial charge in [-0.1, -0.05) is 72.2 Å². The molecule has 0 heterocycles. The van der Waals surface area contributed by atoms with E-state index in [0.29, 0.717) is 98.0 Å².